The van der Waals surface area contributed by atoms with E-state index in [1.807, 2.05) is 6.07 Å². The van der Waals surface area contributed by atoms with Gasteiger partial charge < -0.3 is 10.4 Å². The summed E-state index contributed by atoms with van der Waals surface area (Å²) in [4.78, 5) is 37.5. The fraction of sp³-hybridized carbons (Fsp3) is 0.286. The number of amides is 1. The number of fused-ring (bicyclic) bond motifs is 1. The molecule has 0 fully saturated rings. The van der Waals surface area contributed by atoms with E-state index in [1.54, 1.807) is 62.4 Å². The standard InChI is InChI=1S/C21H22N4O4/c1-13(2)18(25-20(27)15-10-6-7-11-16(15)23-24-25)19(26)22-17(21(28)29)12-14-8-4-3-5-9-14/h3-11,13,17-18H,12H2,1-2H3,(H,22,26)(H,28,29)/t17-,18-/m0/s1. The van der Waals surface area contributed by atoms with Crippen molar-refractivity contribution in [1.82, 2.24) is 20.3 Å². The van der Waals surface area contributed by atoms with Gasteiger partial charge in [-0.05, 0) is 23.6 Å². The van der Waals surface area contributed by atoms with E-state index in [0.717, 1.165) is 10.2 Å². The summed E-state index contributed by atoms with van der Waals surface area (Å²) in [6.45, 7) is 3.53. The van der Waals surface area contributed by atoms with Gasteiger partial charge in [0, 0.05) is 6.42 Å². The largest absolute Gasteiger partial charge is 0.480 e. The average molecular weight is 394 g/mol. The van der Waals surface area contributed by atoms with Crippen molar-refractivity contribution in [3.05, 3.63) is 70.5 Å². The van der Waals surface area contributed by atoms with Crippen molar-refractivity contribution in [2.45, 2.75) is 32.4 Å². The number of aromatic nitrogens is 3. The second-order valence-electron chi connectivity index (χ2n) is 7.13. The Hall–Kier alpha value is -3.55. The summed E-state index contributed by atoms with van der Waals surface area (Å²) in [5.74, 6) is -2.05. The van der Waals surface area contributed by atoms with Gasteiger partial charge in [0.2, 0.25) is 5.91 Å². The van der Waals surface area contributed by atoms with Crippen LogP contribution in [0.3, 0.4) is 0 Å². The van der Waals surface area contributed by atoms with E-state index in [2.05, 4.69) is 15.6 Å². The van der Waals surface area contributed by atoms with Gasteiger partial charge in [0.25, 0.3) is 5.56 Å². The van der Waals surface area contributed by atoms with Gasteiger partial charge in [-0.2, -0.15) is 4.68 Å². The van der Waals surface area contributed by atoms with E-state index in [1.165, 1.54) is 0 Å². The molecule has 1 heterocycles. The van der Waals surface area contributed by atoms with Crippen LogP contribution in [0.4, 0.5) is 0 Å². The van der Waals surface area contributed by atoms with E-state index >= 15 is 0 Å². The SMILES string of the molecule is CC(C)[C@@H](C(=O)N[C@@H](Cc1ccccc1)C(=O)O)n1nnc2ccccc2c1=O. The molecule has 29 heavy (non-hydrogen) atoms. The first-order valence-corrected chi connectivity index (χ1v) is 9.30. The highest BCUT2D eigenvalue weighted by molar-refractivity contribution is 5.86. The van der Waals surface area contributed by atoms with Crippen LogP contribution in [0.1, 0.15) is 25.5 Å². The van der Waals surface area contributed by atoms with E-state index in [0.29, 0.717) is 10.9 Å². The number of carbonyl (C=O) groups excluding carboxylic acids is 1. The summed E-state index contributed by atoms with van der Waals surface area (Å²) in [6.07, 6.45) is 0.130. The van der Waals surface area contributed by atoms with Gasteiger partial charge in [0.05, 0.1) is 5.39 Å². The third kappa shape index (κ3) is 4.48. The number of hydrogen-bond donors (Lipinski definition) is 2. The van der Waals surface area contributed by atoms with Crippen molar-refractivity contribution in [2.75, 3.05) is 0 Å². The van der Waals surface area contributed by atoms with Gasteiger partial charge in [-0.15, -0.1) is 5.10 Å². The smallest absolute Gasteiger partial charge is 0.326 e. The third-order valence-corrected chi connectivity index (χ3v) is 4.65. The number of aliphatic carboxylic acids is 1. The maximum absolute atomic E-state index is 13.0. The highest BCUT2D eigenvalue weighted by Crippen LogP contribution is 2.17. The molecule has 0 radical (unpaired) electrons. The van der Waals surface area contributed by atoms with Crippen molar-refractivity contribution in [3.63, 3.8) is 0 Å². The molecule has 3 aromatic rings. The molecule has 0 unspecified atom stereocenters. The van der Waals surface area contributed by atoms with Gasteiger partial charge >= 0.3 is 5.97 Å². The number of nitrogens with zero attached hydrogens (tertiary/aromatic N) is 3. The molecule has 1 aromatic heterocycles. The Morgan fingerprint density at radius 2 is 1.72 bits per heavy atom. The first-order chi connectivity index (χ1) is 13.9. The van der Waals surface area contributed by atoms with Crippen LogP contribution >= 0.6 is 0 Å². The highest BCUT2D eigenvalue weighted by Gasteiger charge is 2.31. The van der Waals surface area contributed by atoms with Crippen molar-refractivity contribution in [1.29, 1.82) is 0 Å². The maximum atomic E-state index is 13.0. The van der Waals surface area contributed by atoms with Gasteiger partial charge in [0.1, 0.15) is 17.6 Å². The number of carbonyl (C=O) groups is 2. The second-order valence-corrected chi connectivity index (χ2v) is 7.13. The molecule has 8 heteroatoms. The zero-order chi connectivity index (χ0) is 21.0. The Labute approximate surface area is 167 Å². The molecular weight excluding hydrogens is 372 g/mol. The summed E-state index contributed by atoms with van der Waals surface area (Å²) in [5, 5.41) is 20.4. The van der Waals surface area contributed by atoms with Crippen molar-refractivity contribution in [3.8, 4) is 0 Å². The minimum absolute atomic E-state index is 0.130. The summed E-state index contributed by atoms with van der Waals surface area (Å²) in [6, 6.07) is 13.6. The molecule has 0 aliphatic carbocycles. The molecule has 0 saturated carbocycles. The van der Waals surface area contributed by atoms with Gasteiger partial charge in [-0.3, -0.25) is 9.59 Å². The van der Waals surface area contributed by atoms with Gasteiger partial charge in [-0.25, -0.2) is 4.79 Å². The maximum Gasteiger partial charge on any atom is 0.326 e. The Balaban J connectivity index is 1.90. The normalized spacial score (nSPS) is 13.2. The van der Waals surface area contributed by atoms with E-state index in [4.69, 9.17) is 0 Å². The topological polar surface area (TPSA) is 114 Å². The first-order valence-electron chi connectivity index (χ1n) is 9.30. The molecule has 150 valence electrons. The van der Waals surface area contributed by atoms with Crippen LogP contribution < -0.4 is 10.9 Å². The Morgan fingerprint density at radius 1 is 1.07 bits per heavy atom. The molecule has 0 aliphatic rings. The van der Waals surface area contributed by atoms with Crippen molar-refractivity contribution in [2.24, 2.45) is 5.92 Å². The number of hydrogen-bond acceptors (Lipinski definition) is 5. The predicted molar refractivity (Wildman–Crippen MR) is 107 cm³/mol. The second kappa shape index (κ2) is 8.64. The lowest BCUT2D eigenvalue weighted by Gasteiger charge is -2.23. The minimum atomic E-state index is -1.15. The molecule has 8 nitrogen and oxygen atoms in total. The number of nitrogens with one attached hydrogen (secondary N) is 1. The van der Waals surface area contributed by atoms with E-state index in [-0.39, 0.29) is 12.3 Å². The van der Waals surface area contributed by atoms with Crippen LogP contribution in [0, 0.1) is 5.92 Å². The first kappa shape index (κ1) is 20.2. The van der Waals surface area contributed by atoms with Crippen LogP contribution in [0.5, 0.6) is 0 Å². The molecule has 1 amide bonds. The molecule has 2 N–H and O–H groups in total. The lowest BCUT2D eigenvalue weighted by Crippen LogP contribution is -2.48. The molecule has 3 rings (SSSR count). The Morgan fingerprint density at radius 3 is 2.38 bits per heavy atom. The number of rotatable bonds is 7. The van der Waals surface area contributed by atoms with Crippen LogP contribution in [-0.2, 0) is 16.0 Å². The van der Waals surface area contributed by atoms with Crippen molar-refractivity contribution >= 4 is 22.8 Å². The van der Waals surface area contributed by atoms with Gasteiger partial charge in [-0.1, -0.05) is 61.5 Å². The van der Waals surface area contributed by atoms with Crippen molar-refractivity contribution < 1.29 is 14.7 Å². The molecule has 0 aliphatic heterocycles. The molecule has 2 atom stereocenters. The summed E-state index contributed by atoms with van der Waals surface area (Å²) in [5.41, 5.74) is 0.771. The predicted octanol–water partition coefficient (Wildman–Crippen LogP) is 1.80. The molecule has 2 aromatic carbocycles. The Kier molecular flexibility index (Phi) is 6.01. The molecular formula is C21H22N4O4. The highest BCUT2D eigenvalue weighted by atomic mass is 16.4. The summed E-state index contributed by atoms with van der Waals surface area (Å²) < 4.78 is 1.03. The number of benzene rings is 2. The molecule has 0 saturated heterocycles. The van der Waals surface area contributed by atoms with Crippen LogP contribution in [-0.4, -0.2) is 38.0 Å². The molecule has 0 bridgehead atoms. The van der Waals surface area contributed by atoms with E-state index in [9.17, 15) is 19.5 Å². The zero-order valence-electron chi connectivity index (χ0n) is 16.1. The van der Waals surface area contributed by atoms with Crippen LogP contribution in [0.2, 0.25) is 0 Å². The van der Waals surface area contributed by atoms with Crippen LogP contribution in [0.15, 0.2) is 59.4 Å². The zero-order valence-corrected chi connectivity index (χ0v) is 16.1. The fourth-order valence-corrected chi connectivity index (χ4v) is 3.19. The lowest BCUT2D eigenvalue weighted by molar-refractivity contribution is -0.142. The lowest BCUT2D eigenvalue weighted by atomic mass is 10.0. The van der Waals surface area contributed by atoms with Gasteiger partial charge in [0.15, 0.2) is 0 Å². The average Bonchev–Trinajstić information content (AvgIpc) is 2.70. The quantitative estimate of drug-likeness (QED) is 0.632. The number of carboxylic acids is 1. The van der Waals surface area contributed by atoms with Crippen LogP contribution in [0.25, 0.3) is 10.9 Å². The Bertz CT molecular complexity index is 1080. The molecule has 0 spiro atoms. The third-order valence-electron chi connectivity index (χ3n) is 4.65. The van der Waals surface area contributed by atoms with E-state index < -0.39 is 29.5 Å². The fourth-order valence-electron chi connectivity index (χ4n) is 3.19. The monoisotopic (exact) mass is 394 g/mol. The number of carboxylic acid groups (broad SMARTS) is 1. The minimum Gasteiger partial charge on any atom is -0.480 e. The summed E-state index contributed by atoms with van der Waals surface area (Å²) >= 11 is 0. The summed E-state index contributed by atoms with van der Waals surface area (Å²) in [7, 11) is 0.